The van der Waals surface area contributed by atoms with Gasteiger partial charge in [-0.25, -0.2) is 4.68 Å². The molecule has 32 heavy (non-hydrogen) atoms. The monoisotopic (exact) mass is 433 g/mol. The lowest BCUT2D eigenvalue weighted by molar-refractivity contribution is 0.0939. The Bertz CT molecular complexity index is 1120. The third kappa shape index (κ3) is 5.14. The lowest BCUT2D eigenvalue weighted by Crippen LogP contribution is -2.32. The van der Waals surface area contributed by atoms with Gasteiger partial charge in [0.2, 0.25) is 5.95 Å². The minimum absolute atomic E-state index is 0.0262. The second-order valence-electron chi connectivity index (χ2n) is 8.92. The number of anilines is 3. The highest BCUT2D eigenvalue weighted by atomic mass is 16.1. The van der Waals surface area contributed by atoms with Crippen LogP contribution in [0.15, 0.2) is 36.4 Å². The van der Waals surface area contributed by atoms with E-state index in [0.717, 1.165) is 23.2 Å². The molecule has 168 valence electrons. The first kappa shape index (κ1) is 23.0. The molecular weight excluding hydrogens is 402 g/mol. The second kappa shape index (κ2) is 9.21. The number of carbonyl (C=O) groups is 1. The van der Waals surface area contributed by atoms with Gasteiger partial charge >= 0.3 is 0 Å². The SMILES string of the molecule is CCc1c(Nc2nc(-c3ccc(C(=O)NCC(C)(C)C)cc3)nn2C)ccc(N)c1C=N. The Hall–Kier alpha value is -3.68. The summed E-state index contributed by atoms with van der Waals surface area (Å²) in [6, 6.07) is 10.9. The van der Waals surface area contributed by atoms with Crippen LogP contribution in [0.2, 0.25) is 0 Å². The van der Waals surface area contributed by atoms with E-state index < -0.39 is 0 Å². The van der Waals surface area contributed by atoms with Crippen LogP contribution in [0.25, 0.3) is 11.4 Å². The van der Waals surface area contributed by atoms with Gasteiger partial charge in [-0.1, -0.05) is 39.8 Å². The Morgan fingerprint density at radius 3 is 2.47 bits per heavy atom. The number of nitrogens with two attached hydrogens (primary N) is 1. The minimum Gasteiger partial charge on any atom is -0.398 e. The molecule has 1 aromatic heterocycles. The first-order valence-electron chi connectivity index (χ1n) is 10.6. The Morgan fingerprint density at radius 2 is 1.88 bits per heavy atom. The lowest BCUT2D eigenvalue weighted by Gasteiger charge is -2.18. The van der Waals surface area contributed by atoms with Crippen molar-refractivity contribution in [3.8, 4) is 11.4 Å². The summed E-state index contributed by atoms with van der Waals surface area (Å²) in [6.07, 6.45) is 2.00. The van der Waals surface area contributed by atoms with Crippen molar-refractivity contribution in [3.63, 3.8) is 0 Å². The fourth-order valence-corrected chi connectivity index (χ4v) is 3.31. The van der Waals surface area contributed by atoms with Crippen LogP contribution in [0.5, 0.6) is 0 Å². The highest BCUT2D eigenvalue weighted by molar-refractivity contribution is 5.94. The van der Waals surface area contributed by atoms with Crippen LogP contribution in [0.3, 0.4) is 0 Å². The first-order chi connectivity index (χ1) is 15.1. The smallest absolute Gasteiger partial charge is 0.251 e. The summed E-state index contributed by atoms with van der Waals surface area (Å²) >= 11 is 0. The molecule has 1 heterocycles. The number of aryl methyl sites for hydroxylation is 1. The molecule has 0 spiro atoms. The minimum atomic E-state index is -0.0970. The van der Waals surface area contributed by atoms with Gasteiger partial charge in [-0.05, 0) is 41.7 Å². The molecule has 5 N–H and O–H groups in total. The zero-order valence-electron chi connectivity index (χ0n) is 19.3. The van der Waals surface area contributed by atoms with Gasteiger partial charge in [0.1, 0.15) is 0 Å². The molecule has 3 rings (SSSR count). The van der Waals surface area contributed by atoms with Crippen molar-refractivity contribution in [3.05, 3.63) is 53.1 Å². The van der Waals surface area contributed by atoms with E-state index in [0.29, 0.717) is 35.1 Å². The number of benzene rings is 2. The Labute approximate surface area is 188 Å². The van der Waals surface area contributed by atoms with Crippen LogP contribution in [0.1, 0.15) is 49.2 Å². The predicted molar refractivity (Wildman–Crippen MR) is 130 cm³/mol. The molecule has 2 aromatic carbocycles. The molecule has 0 aliphatic carbocycles. The number of aromatic nitrogens is 3. The highest BCUT2D eigenvalue weighted by Crippen LogP contribution is 2.28. The number of nitrogens with zero attached hydrogens (tertiary/aromatic N) is 3. The van der Waals surface area contributed by atoms with E-state index in [2.05, 4.69) is 41.5 Å². The van der Waals surface area contributed by atoms with Gasteiger partial charge in [0, 0.05) is 47.9 Å². The maximum absolute atomic E-state index is 12.4. The Balaban J connectivity index is 1.80. The van der Waals surface area contributed by atoms with Crippen molar-refractivity contribution < 1.29 is 4.79 Å². The van der Waals surface area contributed by atoms with E-state index in [9.17, 15) is 4.79 Å². The predicted octanol–water partition coefficient (Wildman–Crippen LogP) is 4.14. The van der Waals surface area contributed by atoms with Gasteiger partial charge in [0.05, 0.1) is 0 Å². The molecule has 0 atom stereocenters. The summed E-state index contributed by atoms with van der Waals surface area (Å²) in [7, 11) is 1.81. The summed E-state index contributed by atoms with van der Waals surface area (Å²) in [4.78, 5) is 17.0. The fourth-order valence-electron chi connectivity index (χ4n) is 3.31. The molecule has 0 aliphatic heterocycles. The lowest BCUT2D eigenvalue weighted by atomic mass is 9.97. The summed E-state index contributed by atoms with van der Waals surface area (Å²) in [6.45, 7) is 8.86. The van der Waals surface area contributed by atoms with Gasteiger partial charge in [0.15, 0.2) is 5.82 Å². The fraction of sp³-hybridized carbons (Fsp3) is 0.333. The third-order valence-corrected chi connectivity index (χ3v) is 5.08. The largest absolute Gasteiger partial charge is 0.398 e. The zero-order valence-corrected chi connectivity index (χ0v) is 19.3. The van der Waals surface area contributed by atoms with Crippen molar-refractivity contribution in [1.29, 1.82) is 5.41 Å². The quantitative estimate of drug-likeness (QED) is 0.329. The molecule has 0 aliphatic rings. The third-order valence-electron chi connectivity index (χ3n) is 5.08. The molecule has 0 saturated heterocycles. The maximum Gasteiger partial charge on any atom is 0.251 e. The second-order valence-corrected chi connectivity index (χ2v) is 8.92. The van der Waals surface area contributed by atoms with Gasteiger partial charge in [-0.2, -0.15) is 4.98 Å². The van der Waals surface area contributed by atoms with Crippen LogP contribution in [-0.2, 0) is 13.5 Å². The maximum atomic E-state index is 12.4. The summed E-state index contributed by atoms with van der Waals surface area (Å²) < 4.78 is 1.67. The number of nitrogens with one attached hydrogen (secondary N) is 3. The zero-order chi connectivity index (χ0) is 23.5. The van der Waals surface area contributed by atoms with E-state index in [4.69, 9.17) is 11.1 Å². The van der Waals surface area contributed by atoms with Crippen LogP contribution >= 0.6 is 0 Å². The van der Waals surface area contributed by atoms with Crippen molar-refractivity contribution in [2.24, 2.45) is 12.5 Å². The van der Waals surface area contributed by atoms with E-state index in [-0.39, 0.29) is 11.3 Å². The van der Waals surface area contributed by atoms with Gasteiger partial charge in [-0.3, -0.25) is 4.79 Å². The average molecular weight is 434 g/mol. The highest BCUT2D eigenvalue weighted by Gasteiger charge is 2.15. The topological polar surface area (TPSA) is 122 Å². The van der Waals surface area contributed by atoms with Crippen LogP contribution in [0.4, 0.5) is 17.3 Å². The van der Waals surface area contributed by atoms with Crippen LogP contribution < -0.4 is 16.4 Å². The molecular formula is C24H31N7O. The summed E-state index contributed by atoms with van der Waals surface area (Å²) in [5.41, 5.74) is 10.5. The number of carbonyl (C=O) groups excluding carboxylic acids is 1. The number of rotatable bonds is 7. The molecule has 0 unspecified atom stereocenters. The van der Waals surface area contributed by atoms with E-state index in [1.807, 2.05) is 32.2 Å². The molecule has 0 saturated carbocycles. The Morgan fingerprint density at radius 1 is 1.19 bits per heavy atom. The van der Waals surface area contributed by atoms with Gasteiger partial charge in [0.25, 0.3) is 5.91 Å². The van der Waals surface area contributed by atoms with E-state index >= 15 is 0 Å². The van der Waals surface area contributed by atoms with Gasteiger partial charge < -0.3 is 21.8 Å². The van der Waals surface area contributed by atoms with Crippen LogP contribution in [0, 0.1) is 10.8 Å². The molecule has 0 fully saturated rings. The van der Waals surface area contributed by atoms with Crippen molar-refractivity contribution >= 4 is 29.4 Å². The number of amides is 1. The van der Waals surface area contributed by atoms with Gasteiger partial charge in [-0.15, -0.1) is 5.10 Å². The molecule has 8 heteroatoms. The Kier molecular flexibility index (Phi) is 6.62. The summed E-state index contributed by atoms with van der Waals surface area (Å²) in [5.74, 6) is 1.03. The standard InChI is InChI=1S/C24H31N7O/c1-6-17-18(13-25)19(26)11-12-20(17)28-23-29-21(30-31(23)5)15-7-9-16(10-8-15)22(32)27-14-24(2,3)4/h7-13,25H,6,14,26H2,1-5H3,(H,27,32)(H,28,29,30). The number of nitrogen functional groups attached to an aromatic ring is 1. The molecule has 3 aromatic rings. The van der Waals surface area contributed by atoms with Crippen LogP contribution in [-0.4, -0.2) is 33.4 Å². The molecule has 8 nitrogen and oxygen atoms in total. The summed E-state index contributed by atoms with van der Waals surface area (Å²) in [5, 5.41) is 18.4. The number of hydrogen-bond donors (Lipinski definition) is 4. The van der Waals surface area contributed by atoms with E-state index in [1.54, 1.807) is 22.9 Å². The van der Waals surface area contributed by atoms with Crippen molar-refractivity contribution in [2.45, 2.75) is 34.1 Å². The molecule has 0 radical (unpaired) electrons. The number of hydrogen-bond acceptors (Lipinski definition) is 6. The first-order valence-corrected chi connectivity index (χ1v) is 10.6. The van der Waals surface area contributed by atoms with Crippen molar-refractivity contribution in [1.82, 2.24) is 20.1 Å². The average Bonchev–Trinajstić information content (AvgIpc) is 3.12. The molecule has 1 amide bonds. The van der Waals surface area contributed by atoms with Crippen molar-refractivity contribution in [2.75, 3.05) is 17.6 Å². The normalized spacial score (nSPS) is 11.3. The molecule has 0 bridgehead atoms. The van der Waals surface area contributed by atoms with E-state index in [1.165, 1.54) is 6.21 Å².